The van der Waals surface area contributed by atoms with Gasteiger partial charge in [-0.15, -0.1) is 5.10 Å². The van der Waals surface area contributed by atoms with Crippen LogP contribution in [0.4, 0.5) is 0 Å². The van der Waals surface area contributed by atoms with E-state index in [0.29, 0.717) is 6.54 Å². The van der Waals surface area contributed by atoms with Crippen molar-refractivity contribution in [2.24, 2.45) is 5.73 Å². The summed E-state index contributed by atoms with van der Waals surface area (Å²) in [5, 5.41) is 11.9. The molecule has 2 atom stereocenters. The van der Waals surface area contributed by atoms with E-state index in [1.165, 1.54) is 6.42 Å². The maximum absolute atomic E-state index is 12.9. The second kappa shape index (κ2) is 6.73. The van der Waals surface area contributed by atoms with Gasteiger partial charge in [-0.1, -0.05) is 20.8 Å². The number of rotatable bonds is 4. The molecule has 22 heavy (non-hydrogen) atoms. The first kappa shape index (κ1) is 16.9. The van der Waals surface area contributed by atoms with E-state index in [4.69, 9.17) is 5.73 Å². The fraction of sp³-hybridized carbons (Fsp3) is 0.867. The van der Waals surface area contributed by atoms with Gasteiger partial charge in [-0.25, -0.2) is 4.68 Å². The first-order valence-electron chi connectivity index (χ1n) is 8.15. The first-order chi connectivity index (χ1) is 10.4. The normalized spacial score (nSPS) is 21.0. The average Bonchev–Trinajstić information content (AvgIpc) is 2.96. The van der Waals surface area contributed by atoms with Gasteiger partial charge >= 0.3 is 0 Å². The van der Waals surface area contributed by atoms with Crippen LogP contribution in [0.3, 0.4) is 0 Å². The number of carbonyl (C=O) groups excluding carboxylic acids is 1. The smallest absolute Gasteiger partial charge is 0.247 e. The van der Waals surface area contributed by atoms with Crippen molar-refractivity contribution >= 4 is 5.91 Å². The Morgan fingerprint density at radius 1 is 1.41 bits per heavy atom. The van der Waals surface area contributed by atoms with Crippen molar-refractivity contribution in [2.45, 2.75) is 70.9 Å². The summed E-state index contributed by atoms with van der Waals surface area (Å²) in [4.78, 5) is 14.9. The maximum atomic E-state index is 12.9. The van der Waals surface area contributed by atoms with E-state index in [1.54, 1.807) is 4.68 Å². The zero-order valence-corrected chi connectivity index (χ0v) is 14.1. The summed E-state index contributed by atoms with van der Waals surface area (Å²) in [6.07, 6.45) is 4.12. The van der Waals surface area contributed by atoms with Gasteiger partial charge in [0.1, 0.15) is 6.04 Å². The largest absolute Gasteiger partial charge is 0.338 e. The van der Waals surface area contributed by atoms with E-state index >= 15 is 0 Å². The lowest BCUT2D eigenvalue weighted by Crippen LogP contribution is -2.47. The van der Waals surface area contributed by atoms with Crippen LogP contribution >= 0.6 is 0 Å². The van der Waals surface area contributed by atoms with Crippen molar-refractivity contribution in [3.05, 3.63) is 5.82 Å². The molecule has 2 heterocycles. The molecule has 1 fully saturated rings. The summed E-state index contributed by atoms with van der Waals surface area (Å²) in [5.74, 6) is 0.830. The molecule has 2 unspecified atom stereocenters. The van der Waals surface area contributed by atoms with Crippen molar-refractivity contribution in [1.29, 1.82) is 0 Å². The fourth-order valence-electron chi connectivity index (χ4n) is 3.08. The third-order valence-electron chi connectivity index (χ3n) is 4.30. The van der Waals surface area contributed by atoms with E-state index in [9.17, 15) is 4.79 Å². The Kier molecular flexibility index (Phi) is 5.16. The molecule has 1 aromatic heterocycles. The monoisotopic (exact) mass is 308 g/mol. The quantitative estimate of drug-likeness (QED) is 0.904. The van der Waals surface area contributed by atoms with Crippen molar-refractivity contribution in [3.63, 3.8) is 0 Å². The Hall–Kier alpha value is -1.50. The van der Waals surface area contributed by atoms with E-state index in [2.05, 4.69) is 15.5 Å². The topological polar surface area (TPSA) is 89.9 Å². The molecule has 1 aliphatic heterocycles. The van der Waals surface area contributed by atoms with Gasteiger partial charge in [0.2, 0.25) is 5.91 Å². The van der Waals surface area contributed by atoms with Crippen LogP contribution in [0.1, 0.15) is 65.2 Å². The van der Waals surface area contributed by atoms with Gasteiger partial charge in [-0.2, -0.15) is 0 Å². The molecule has 124 valence electrons. The van der Waals surface area contributed by atoms with Crippen LogP contribution < -0.4 is 5.73 Å². The number of carbonyl (C=O) groups is 1. The van der Waals surface area contributed by atoms with Gasteiger partial charge in [-0.05, 0) is 49.6 Å². The summed E-state index contributed by atoms with van der Waals surface area (Å²) in [7, 11) is 0. The minimum Gasteiger partial charge on any atom is -0.338 e. The number of hydrogen-bond acceptors (Lipinski definition) is 5. The Bertz CT molecular complexity index is 504. The maximum Gasteiger partial charge on any atom is 0.247 e. The number of piperidine rings is 1. The molecule has 0 spiro atoms. The molecular formula is C15H28N6O. The summed E-state index contributed by atoms with van der Waals surface area (Å²) < 4.78 is 1.66. The summed E-state index contributed by atoms with van der Waals surface area (Å²) in [5.41, 5.74) is 5.50. The van der Waals surface area contributed by atoms with Gasteiger partial charge in [0.15, 0.2) is 5.82 Å². The van der Waals surface area contributed by atoms with Gasteiger partial charge in [0.05, 0.1) is 0 Å². The molecule has 2 N–H and O–H groups in total. The number of hydrogen-bond donors (Lipinski definition) is 1. The zero-order valence-electron chi connectivity index (χ0n) is 14.1. The fourth-order valence-corrected chi connectivity index (χ4v) is 3.08. The number of tetrazole rings is 1. The lowest BCUT2D eigenvalue weighted by atomic mass is 9.95. The van der Waals surface area contributed by atoms with E-state index in [-0.39, 0.29) is 23.4 Å². The molecule has 1 aliphatic rings. The Morgan fingerprint density at radius 2 is 2.14 bits per heavy atom. The van der Waals surface area contributed by atoms with Crippen LogP contribution in [0.5, 0.6) is 0 Å². The number of nitrogens with zero attached hydrogens (tertiary/aromatic N) is 5. The molecule has 7 heteroatoms. The predicted octanol–water partition coefficient (Wildman–Crippen LogP) is 1.26. The molecule has 0 bridgehead atoms. The van der Waals surface area contributed by atoms with Crippen LogP contribution in [-0.4, -0.2) is 50.1 Å². The summed E-state index contributed by atoms with van der Waals surface area (Å²) in [6.45, 7) is 9.43. The van der Waals surface area contributed by atoms with Crippen LogP contribution in [0.25, 0.3) is 0 Å². The zero-order chi connectivity index (χ0) is 16.3. The molecule has 1 aromatic rings. The minimum atomic E-state index is -0.386. The molecule has 0 aliphatic carbocycles. The van der Waals surface area contributed by atoms with E-state index in [1.807, 2.05) is 32.6 Å². The third kappa shape index (κ3) is 3.45. The van der Waals surface area contributed by atoms with Crippen molar-refractivity contribution in [3.8, 4) is 0 Å². The standard InChI is InChI=1S/C15H28N6O/c1-11(21-14(15(2,3)4)17-18-19-21)13(22)20-10-6-5-7-12(20)8-9-16/h11-12H,5-10,16H2,1-4H3. The van der Waals surface area contributed by atoms with E-state index in [0.717, 1.165) is 31.6 Å². The highest BCUT2D eigenvalue weighted by Crippen LogP contribution is 2.25. The van der Waals surface area contributed by atoms with Gasteiger partial charge in [-0.3, -0.25) is 4.79 Å². The summed E-state index contributed by atoms with van der Waals surface area (Å²) >= 11 is 0. The predicted molar refractivity (Wildman–Crippen MR) is 84.3 cm³/mol. The molecule has 0 aromatic carbocycles. The van der Waals surface area contributed by atoms with Crippen molar-refractivity contribution < 1.29 is 4.79 Å². The number of amides is 1. The molecule has 7 nitrogen and oxygen atoms in total. The number of aromatic nitrogens is 4. The lowest BCUT2D eigenvalue weighted by Gasteiger charge is -2.37. The van der Waals surface area contributed by atoms with Crippen LogP contribution in [0, 0.1) is 0 Å². The minimum absolute atomic E-state index is 0.0935. The van der Waals surface area contributed by atoms with Gasteiger partial charge < -0.3 is 10.6 Å². The molecular weight excluding hydrogens is 280 g/mol. The Balaban J connectivity index is 2.19. The van der Waals surface area contributed by atoms with Crippen LogP contribution in [0.15, 0.2) is 0 Å². The second-order valence-electron chi connectivity index (χ2n) is 7.13. The molecule has 1 amide bonds. The number of likely N-dealkylation sites (tertiary alicyclic amines) is 1. The van der Waals surface area contributed by atoms with Crippen LogP contribution in [-0.2, 0) is 10.2 Å². The van der Waals surface area contributed by atoms with Gasteiger partial charge in [0.25, 0.3) is 0 Å². The molecule has 0 saturated carbocycles. The van der Waals surface area contributed by atoms with E-state index < -0.39 is 0 Å². The van der Waals surface area contributed by atoms with Crippen molar-refractivity contribution in [1.82, 2.24) is 25.1 Å². The third-order valence-corrected chi connectivity index (χ3v) is 4.30. The highest BCUT2D eigenvalue weighted by molar-refractivity contribution is 5.80. The second-order valence-corrected chi connectivity index (χ2v) is 7.13. The summed E-state index contributed by atoms with van der Waals surface area (Å²) in [6, 6.07) is -0.133. The molecule has 2 rings (SSSR count). The Labute approximate surface area is 132 Å². The van der Waals surface area contributed by atoms with Crippen LogP contribution in [0.2, 0.25) is 0 Å². The highest BCUT2D eigenvalue weighted by atomic mass is 16.2. The first-order valence-corrected chi connectivity index (χ1v) is 8.15. The molecule has 1 saturated heterocycles. The average molecular weight is 308 g/mol. The number of nitrogens with two attached hydrogens (primary N) is 1. The SMILES string of the molecule is CC(C(=O)N1CCCCC1CCN)n1nnnc1C(C)(C)C. The lowest BCUT2D eigenvalue weighted by molar-refractivity contribution is -0.138. The van der Waals surface area contributed by atoms with Crippen molar-refractivity contribution in [2.75, 3.05) is 13.1 Å². The van der Waals surface area contributed by atoms with Gasteiger partial charge in [0, 0.05) is 18.0 Å². The highest BCUT2D eigenvalue weighted by Gasteiger charge is 2.33. The molecule has 0 radical (unpaired) electrons. The Morgan fingerprint density at radius 3 is 2.77 bits per heavy atom.